The number of hydrogen-bond donors (Lipinski definition) is 1. The zero-order chi connectivity index (χ0) is 13.0. The lowest BCUT2D eigenvalue weighted by molar-refractivity contribution is -0.136. The summed E-state index contributed by atoms with van der Waals surface area (Å²) in [5.41, 5.74) is 0.629. The fraction of sp³-hybridized carbons (Fsp3) is 0.273. The summed E-state index contributed by atoms with van der Waals surface area (Å²) in [4.78, 5) is 18.9. The van der Waals surface area contributed by atoms with Crippen molar-refractivity contribution < 1.29 is 14.4 Å². The number of carbonyl (C=O) groups is 1. The van der Waals surface area contributed by atoms with Crippen LogP contribution in [-0.4, -0.2) is 31.5 Å². The van der Waals surface area contributed by atoms with E-state index in [2.05, 4.69) is 15.1 Å². The topological polar surface area (TPSA) is 89.1 Å². The van der Waals surface area contributed by atoms with Crippen LogP contribution in [0.4, 0.5) is 0 Å². The van der Waals surface area contributed by atoms with Crippen molar-refractivity contribution in [2.45, 2.75) is 17.9 Å². The maximum absolute atomic E-state index is 10.6. The highest BCUT2D eigenvalue weighted by molar-refractivity contribution is 7.99. The van der Waals surface area contributed by atoms with Crippen LogP contribution < -0.4 is 0 Å². The molecule has 1 atom stereocenters. The molecule has 0 radical (unpaired) electrons. The fourth-order valence-corrected chi connectivity index (χ4v) is 1.83. The van der Waals surface area contributed by atoms with E-state index in [0.29, 0.717) is 23.2 Å². The monoisotopic (exact) mass is 265 g/mol. The smallest absolute Gasteiger partial charge is 0.316 e. The summed E-state index contributed by atoms with van der Waals surface area (Å²) in [6.45, 7) is 1.61. The summed E-state index contributed by atoms with van der Waals surface area (Å²) in [5, 5.41) is 12.0. The fourth-order valence-electron chi connectivity index (χ4n) is 1.18. The first kappa shape index (κ1) is 12.6. The molecule has 2 aromatic rings. The zero-order valence-electron chi connectivity index (χ0n) is 9.61. The predicted octanol–water partition coefficient (Wildman–Crippen LogP) is 1.84. The molecule has 2 heterocycles. The number of thioether (sulfide) groups is 1. The van der Waals surface area contributed by atoms with E-state index in [-0.39, 0.29) is 0 Å². The van der Waals surface area contributed by atoms with Gasteiger partial charge in [0.1, 0.15) is 5.69 Å². The molecule has 0 fully saturated rings. The largest absolute Gasteiger partial charge is 0.480 e. The van der Waals surface area contributed by atoms with Gasteiger partial charge in [0, 0.05) is 6.20 Å². The minimum absolute atomic E-state index is 0.368. The molecule has 0 aliphatic heterocycles. The summed E-state index contributed by atoms with van der Waals surface area (Å²) >= 11 is 1.23. The average Bonchev–Trinajstić information content (AvgIpc) is 2.85. The van der Waals surface area contributed by atoms with Crippen LogP contribution in [0.5, 0.6) is 0 Å². The Labute approximate surface area is 107 Å². The molecule has 0 aromatic carbocycles. The van der Waals surface area contributed by atoms with E-state index in [4.69, 9.17) is 9.63 Å². The highest BCUT2D eigenvalue weighted by Gasteiger charge is 2.14. The molecule has 1 N–H and O–H groups in total. The molecule has 94 valence electrons. The standard InChI is InChI=1S/C11H11N3O3S/c1-7(11(15)16)18-6-9-13-10(14-17-9)8-4-2-3-5-12-8/h2-5,7H,6H2,1H3,(H,15,16). The van der Waals surface area contributed by atoms with Crippen molar-refractivity contribution in [3.63, 3.8) is 0 Å². The number of aliphatic carboxylic acids is 1. The lowest BCUT2D eigenvalue weighted by Gasteiger charge is -2.01. The van der Waals surface area contributed by atoms with E-state index in [1.165, 1.54) is 11.8 Å². The van der Waals surface area contributed by atoms with Crippen molar-refractivity contribution in [3.8, 4) is 11.5 Å². The molecule has 2 aromatic heterocycles. The number of pyridine rings is 1. The minimum Gasteiger partial charge on any atom is -0.480 e. The van der Waals surface area contributed by atoms with Gasteiger partial charge in [-0.25, -0.2) is 0 Å². The van der Waals surface area contributed by atoms with Crippen LogP contribution in [0.2, 0.25) is 0 Å². The molecular formula is C11H11N3O3S. The first-order valence-corrected chi connectivity index (χ1v) is 6.30. The highest BCUT2D eigenvalue weighted by atomic mass is 32.2. The Kier molecular flexibility index (Phi) is 3.93. The summed E-state index contributed by atoms with van der Waals surface area (Å²) in [5.74, 6) is 0.320. The van der Waals surface area contributed by atoms with E-state index < -0.39 is 11.2 Å². The maximum atomic E-state index is 10.6. The second kappa shape index (κ2) is 5.63. The number of hydrogen-bond acceptors (Lipinski definition) is 6. The molecule has 0 aliphatic carbocycles. The number of carboxylic acids is 1. The Morgan fingerprint density at radius 2 is 2.39 bits per heavy atom. The Balaban J connectivity index is 2.01. The lowest BCUT2D eigenvalue weighted by atomic mass is 10.3. The van der Waals surface area contributed by atoms with Crippen molar-refractivity contribution in [2.75, 3.05) is 0 Å². The molecule has 0 amide bonds. The summed E-state index contributed by atoms with van der Waals surface area (Å²) in [6, 6.07) is 5.41. The number of aromatic nitrogens is 3. The van der Waals surface area contributed by atoms with E-state index in [0.717, 1.165) is 0 Å². The van der Waals surface area contributed by atoms with Gasteiger partial charge in [0.15, 0.2) is 0 Å². The third-order valence-electron chi connectivity index (χ3n) is 2.17. The molecule has 6 nitrogen and oxygen atoms in total. The maximum Gasteiger partial charge on any atom is 0.316 e. The second-order valence-electron chi connectivity index (χ2n) is 3.52. The Morgan fingerprint density at radius 1 is 1.56 bits per heavy atom. The van der Waals surface area contributed by atoms with Gasteiger partial charge in [0.05, 0.1) is 11.0 Å². The van der Waals surface area contributed by atoms with Gasteiger partial charge in [0.2, 0.25) is 11.7 Å². The van der Waals surface area contributed by atoms with Gasteiger partial charge in [-0.3, -0.25) is 9.78 Å². The third kappa shape index (κ3) is 3.07. The number of carboxylic acid groups (broad SMARTS) is 1. The molecule has 0 saturated heterocycles. The molecular weight excluding hydrogens is 254 g/mol. The Bertz CT molecular complexity index is 529. The van der Waals surface area contributed by atoms with Crippen LogP contribution in [0.15, 0.2) is 28.9 Å². The van der Waals surface area contributed by atoms with Crippen molar-refractivity contribution >= 4 is 17.7 Å². The van der Waals surface area contributed by atoms with Crippen LogP contribution in [-0.2, 0) is 10.5 Å². The molecule has 2 rings (SSSR count). The summed E-state index contributed by atoms with van der Waals surface area (Å²) in [6.07, 6.45) is 1.65. The predicted molar refractivity (Wildman–Crippen MR) is 65.9 cm³/mol. The van der Waals surface area contributed by atoms with Gasteiger partial charge < -0.3 is 9.63 Å². The molecule has 18 heavy (non-hydrogen) atoms. The van der Waals surface area contributed by atoms with Gasteiger partial charge in [-0.2, -0.15) is 4.98 Å². The molecule has 0 aliphatic rings. The molecule has 0 saturated carbocycles. The average molecular weight is 265 g/mol. The number of rotatable bonds is 5. The highest BCUT2D eigenvalue weighted by Crippen LogP contribution is 2.19. The van der Waals surface area contributed by atoms with E-state index in [9.17, 15) is 4.79 Å². The minimum atomic E-state index is -0.857. The van der Waals surface area contributed by atoms with E-state index in [1.807, 2.05) is 6.07 Å². The van der Waals surface area contributed by atoms with Gasteiger partial charge in [-0.15, -0.1) is 11.8 Å². The first-order valence-electron chi connectivity index (χ1n) is 5.25. The molecule has 7 heteroatoms. The van der Waals surface area contributed by atoms with Gasteiger partial charge >= 0.3 is 5.97 Å². The summed E-state index contributed by atoms with van der Waals surface area (Å²) in [7, 11) is 0. The van der Waals surface area contributed by atoms with Crippen molar-refractivity contribution in [1.29, 1.82) is 0 Å². The second-order valence-corrected chi connectivity index (χ2v) is 4.85. The molecule has 0 spiro atoms. The van der Waals surface area contributed by atoms with Crippen LogP contribution >= 0.6 is 11.8 Å². The SMILES string of the molecule is CC(SCc1nc(-c2ccccn2)no1)C(=O)O. The van der Waals surface area contributed by atoms with Crippen LogP contribution in [0.1, 0.15) is 12.8 Å². The Hall–Kier alpha value is -1.89. The first-order chi connectivity index (χ1) is 8.66. The summed E-state index contributed by atoms with van der Waals surface area (Å²) < 4.78 is 5.03. The number of nitrogens with zero attached hydrogens (tertiary/aromatic N) is 3. The van der Waals surface area contributed by atoms with Crippen molar-refractivity contribution in [3.05, 3.63) is 30.3 Å². The van der Waals surface area contributed by atoms with Crippen molar-refractivity contribution in [2.24, 2.45) is 0 Å². The zero-order valence-corrected chi connectivity index (χ0v) is 10.4. The van der Waals surface area contributed by atoms with Gasteiger partial charge in [-0.05, 0) is 19.1 Å². The van der Waals surface area contributed by atoms with Crippen LogP contribution in [0.25, 0.3) is 11.5 Å². The van der Waals surface area contributed by atoms with Gasteiger partial charge in [-0.1, -0.05) is 11.2 Å². The van der Waals surface area contributed by atoms with E-state index >= 15 is 0 Å². The molecule has 0 bridgehead atoms. The molecule has 1 unspecified atom stereocenters. The quantitative estimate of drug-likeness (QED) is 0.882. The lowest BCUT2D eigenvalue weighted by Crippen LogP contribution is -2.11. The third-order valence-corrected chi connectivity index (χ3v) is 3.28. The Morgan fingerprint density at radius 3 is 3.06 bits per heavy atom. The van der Waals surface area contributed by atoms with Crippen LogP contribution in [0.3, 0.4) is 0 Å². The van der Waals surface area contributed by atoms with Crippen LogP contribution in [0, 0.1) is 0 Å². The normalized spacial score (nSPS) is 12.3. The van der Waals surface area contributed by atoms with E-state index in [1.54, 1.807) is 25.3 Å². The van der Waals surface area contributed by atoms with Gasteiger partial charge in [0.25, 0.3) is 0 Å². The van der Waals surface area contributed by atoms with Crippen molar-refractivity contribution in [1.82, 2.24) is 15.1 Å².